The highest BCUT2D eigenvalue weighted by molar-refractivity contribution is 9.10. The Morgan fingerprint density at radius 2 is 2.18 bits per heavy atom. The third-order valence-corrected chi connectivity index (χ3v) is 3.54. The predicted octanol–water partition coefficient (Wildman–Crippen LogP) is 1.84. The fourth-order valence-electron chi connectivity index (χ4n) is 2.13. The lowest BCUT2D eigenvalue weighted by atomic mass is 9.91. The minimum Gasteiger partial charge on any atom is -0.348 e. The van der Waals surface area contributed by atoms with Crippen LogP contribution in [0, 0.1) is 0 Å². The fourth-order valence-corrected chi connectivity index (χ4v) is 2.49. The number of carbonyl (C=O) groups excluding carboxylic acids is 1. The van der Waals surface area contributed by atoms with Crippen LogP contribution >= 0.6 is 15.9 Å². The fraction of sp³-hybridized carbons (Fsp3) is 0.500. The molecule has 0 aromatic carbocycles. The highest BCUT2D eigenvalue weighted by Gasteiger charge is 2.23. The summed E-state index contributed by atoms with van der Waals surface area (Å²) in [4.78, 5) is 16.0. The minimum absolute atomic E-state index is 0.0767. The van der Waals surface area contributed by atoms with E-state index in [9.17, 15) is 4.79 Å². The second kappa shape index (κ2) is 5.60. The molecule has 0 aliphatic heterocycles. The maximum Gasteiger partial charge on any atom is 0.253 e. The molecule has 1 fully saturated rings. The quantitative estimate of drug-likeness (QED) is 0.875. The third-order valence-electron chi connectivity index (χ3n) is 3.10. The molecule has 1 heterocycles. The van der Waals surface area contributed by atoms with E-state index in [1.807, 2.05) is 0 Å². The first kappa shape index (κ1) is 12.5. The highest BCUT2D eigenvalue weighted by Crippen LogP contribution is 2.17. The molecule has 17 heavy (non-hydrogen) atoms. The van der Waals surface area contributed by atoms with E-state index in [0.29, 0.717) is 5.56 Å². The number of nitrogens with zero attached hydrogens (tertiary/aromatic N) is 1. The van der Waals surface area contributed by atoms with Crippen LogP contribution in [0.25, 0.3) is 0 Å². The van der Waals surface area contributed by atoms with E-state index in [4.69, 9.17) is 5.73 Å². The van der Waals surface area contributed by atoms with Gasteiger partial charge < -0.3 is 11.1 Å². The number of pyridine rings is 1. The lowest BCUT2D eigenvalue weighted by Crippen LogP contribution is -2.49. The van der Waals surface area contributed by atoms with Gasteiger partial charge in [0, 0.05) is 29.0 Å². The van der Waals surface area contributed by atoms with Crippen LogP contribution in [0.5, 0.6) is 0 Å². The number of halogens is 1. The normalized spacial score (nSPS) is 24.4. The molecular weight excluding hydrogens is 282 g/mol. The van der Waals surface area contributed by atoms with Crippen molar-refractivity contribution < 1.29 is 4.79 Å². The molecule has 0 saturated heterocycles. The van der Waals surface area contributed by atoms with Crippen molar-refractivity contribution in [3.05, 3.63) is 28.5 Å². The number of hydrogen-bond donors (Lipinski definition) is 2. The zero-order valence-corrected chi connectivity index (χ0v) is 11.1. The summed E-state index contributed by atoms with van der Waals surface area (Å²) < 4.78 is 0.804. The van der Waals surface area contributed by atoms with Crippen LogP contribution < -0.4 is 11.1 Å². The molecular formula is C12H16BrN3O. The Balaban J connectivity index is 2.01. The average Bonchev–Trinajstić information content (AvgIpc) is 2.32. The summed E-state index contributed by atoms with van der Waals surface area (Å²) in [5.41, 5.74) is 6.56. The monoisotopic (exact) mass is 297 g/mol. The lowest BCUT2D eigenvalue weighted by molar-refractivity contribution is 0.0921. The maximum absolute atomic E-state index is 12.0. The van der Waals surface area contributed by atoms with Gasteiger partial charge in [-0.2, -0.15) is 0 Å². The van der Waals surface area contributed by atoms with Crippen LogP contribution in [0.15, 0.2) is 22.9 Å². The summed E-state index contributed by atoms with van der Waals surface area (Å²) in [6, 6.07) is 1.93. The summed E-state index contributed by atoms with van der Waals surface area (Å²) in [6.45, 7) is 0. The summed E-state index contributed by atoms with van der Waals surface area (Å²) in [5.74, 6) is -0.0962. The molecule has 2 rings (SSSR count). The summed E-state index contributed by atoms with van der Waals surface area (Å²) in [7, 11) is 0. The minimum atomic E-state index is -0.0962. The molecule has 1 amide bonds. The van der Waals surface area contributed by atoms with Crippen molar-refractivity contribution in [2.45, 2.75) is 37.8 Å². The molecule has 3 N–H and O–H groups in total. The predicted molar refractivity (Wildman–Crippen MR) is 69.6 cm³/mol. The van der Waals surface area contributed by atoms with Crippen molar-refractivity contribution >= 4 is 21.8 Å². The number of aromatic nitrogens is 1. The first-order chi connectivity index (χ1) is 8.16. The molecule has 2 atom stereocenters. The SMILES string of the molecule is N[C@@H]1CCCC[C@H]1NC(=O)c1cncc(Br)c1. The topological polar surface area (TPSA) is 68.0 Å². The van der Waals surface area contributed by atoms with Crippen LogP contribution in [0.1, 0.15) is 36.0 Å². The van der Waals surface area contributed by atoms with Crippen molar-refractivity contribution in [2.75, 3.05) is 0 Å². The number of hydrogen-bond acceptors (Lipinski definition) is 3. The average molecular weight is 298 g/mol. The smallest absolute Gasteiger partial charge is 0.253 e. The molecule has 1 aromatic heterocycles. The number of carbonyl (C=O) groups is 1. The summed E-state index contributed by atoms with van der Waals surface area (Å²) in [5, 5.41) is 2.99. The molecule has 0 spiro atoms. The Bertz CT molecular complexity index is 410. The summed E-state index contributed by atoms with van der Waals surface area (Å²) in [6.07, 6.45) is 7.47. The van der Waals surface area contributed by atoms with Crippen molar-refractivity contribution in [1.82, 2.24) is 10.3 Å². The molecule has 0 bridgehead atoms. The van der Waals surface area contributed by atoms with Gasteiger partial charge in [0.25, 0.3) is 5.91 Å². The van der Waals surface area contributed by atoms with Gasteiger partial charge in [0.1, 0.15) is 0 Å². The van der Waals surface area contributed by atoms with Crippen molar-refractivity contribution in [2.24, 2.45) is 5.73 Å². The second-order valence-electron chi connectivity index (χ2n) is 4.42. The first-order valence-electron chi connectivity index (χ1n) is 5.84. The molecule has 0 unspecified atom stereocenters. The molecule has 92 valence electrons. The molecule has 4 nitrogen and oxygen atoms in total. The van der Waals surface area contributed by atoms with Crippen LogP contribution in [0.3, 0.4) is 0 Å². The number of nitrogens with one attached hydrogen (secondary N) is 1. The second-order valence-corrected chi connectivity index (χ2v) is 5.34. The van der Waals surface area contributed by atoms with Crippen LogP contribution in [-0.4, -0.2) is 23.0 Å². The maximum atomic E-state index is 12.0. The van der Waals surface area contributed by atoms with Gasteiger partial charge >= 0.3 is 0 Å². The zero-order chi connectivity index (χ0) is 12.3. The largest absolute Gasteiger partial charge is 0.348 e. The zero-order valence-electron chi connectivity index (χ0n) is 9.53. The Kier molecular flexibility index (Phi) is 4.12. The van der Waals surface area contributed by atoms with E-state index >= 15 is 0 Å². The Hall–Kier alpha value is -0.940. The Morgan fingerprint density at radius 1 is 1.41 bits per heavy atom. The van der Waals surface area contributed by atoms with Crippen molar-refractivity contribution in [3.8, 4) is 0 Å². The Morgan fingerprint density at radius 3 is 2.88 bits per heavy atom. The standard InChI is InChI=1S/C12H16BrN3O/c13-9-5-8(6-15-7-9)12(17)16-11-4-2-1-3-10(11)14/h5-7,10-11H,1-4,14H2,(H,16,17)/t10-,11-/m1/s1. The van der Waals surface area contributed by atoms with Crippen LogP contribution in [0.4, 0.5) is 0 Å². The van der Waals surface area contributed by atoms with Gasteiger partial charge in [-0.25, -0.2) is 0 Å². The van der Waals surface area contributed by atoms with E-state index in [1.54, 1.807) is 18.5 Å². The Labute approximate surface area is 109 Å². The molecule has 1 saturated carbocycles. The summed E-state index contributed by atoms with van der Waals surface area (Å²) >= 11 is 3.30. The molecule has 1 aliphatic rings. The van der Waals surface area contributed by atoms with Gasteiger partial charge in [0.15, 0.2) is 0 Å². The van der Waals surface area contributed by atoms with Crippen LogP contribution in [0.2, 0.25) is 0 Å². The number of nitrogens with two attached hydrogens (primary N) is 1. The van der Waals surface area contributed by atoms with E-state index in [1.165, 1.54) is 0 Å². The number of rotatable bonds is 2. The lowest BCUT2D eigenvalue weighted by Gasteiger charge is -2.29. The van der Waals surface area contributed by atoms with Gasteiger partial charge in [-0.3, -0.25) is 9.78 Å². The van der Waals surface area contributed by atoms with Gasteiger partial charge in [0.2, 0.25) is 0 Å². The number of amides is 1. The molecule has 0 radical (unpaired) electrons. The van der Waals surface area contributed by atoms with Gasteiger partial charge in [-0.15, -0.1) is 0 Å². The highest BCUT2D eigenvalue weighted by atomic mass is 79.9. The van der Waals surface area contributed by atoms with Gasteiger partial charge in [-0.1, -0.05) is 12.8 Å². The molecule has 5 heteroatoms. The molecule has 1 aliphatic carbocycles. The molecule has 1 aromatic rings. The van der Waals surface area contributed by atoms with Gasteiger partial charge in [0.05, 0.1) is 5.56 Å². The van der Waals surface area contributed by atoms with E-state index in [0.717, 1.165) is 30.2 Å². The first-order valence-corrected chi connectivity index (χ1v) is 6.63. The van der Waals surface area contributed by atoms with Crippen molar-refractivity contribution in [3.63, 3.8) is 0 Å². The van der Waals surface area contributed by atoms with Crippen molar-refractivity contribution in [1.29, 1.82) is 0 Å². The van der Waals surface area contributed by atoms with E-state index in [2.05, 4.69) is 26.2 Å². The van der Waals surface area contributed by atoms with E-state index in [-0.39, 0.29) is 18.0 Å². The van der Waals surface area contributed by atoms with Gasteiger partial charge in [-0.05, 0) is 34.8 Å². The van der Waals surface area contributed by atoms with E-state index < -0.39 is 0 Å². The third kappa shape index (κ3) is 3.26. The van der Waals surface area contributed by atoms with Crippen LogP contribution in [-0.2, 0) is 0 Å².